The molecule has 0 saturated carbocycles. The van der Waals surface area contributed by atoms with Gasteiger partial charge >= 0.3 is 0 Å². The minimum absolute atomic E-state index is 0.00341. The zero-order valence-electron chi connectivity index (χ0n) is 15.5. The smallest absolute Gasteiger partial charge is 0.226 e. The van der Waals surface area contributed by atoms with Crippen molar-refractivity contribution in [3.63, 3.8) is 0 Å². The largest absolute Gasteiger partial charge is 0.326 e. The number of tetrazole rings is 1. The molecule has 0 spiro atoms. The number of aromatic nitrogens is 4. The molecule has 0 fully saturated rings. The highest BCUT2D eigenvalue weighted by Crippen LogP contribution is 2.15. The van der Waals surface area contributed by atoms with Crippen LogP contribution < -0.4 is 5.32 Å². The quantitative estimate of drug-likeness (QED) is 0.680. The second kappa shape index (κ2) is 7.90. The molecule has 1 amide bonds. The van der Waals surface area contributed by atoms with E-state index in [2.05, 4.69) is 20.7 Å². The van der Waals surface area contributed by atoms with Crippen molar-refractivity contribution in [2.45, 2.75) is 27.3 Å². The van der Waals surface area contributed by atoms with Crippen LogP contribution in [0.4, 0.5) is 5.69 Å². The Morgan fingerprint density at radius 2 is 1.70 bits per heavy atom. The first-order valence-corrected chi connectivity index (χ1v) is 8.71. The summed E-state index contributed by atoms with van der Waals surface area (Å²) in [6.45, 7) is 5.65. The van der Waals surface area contributed by atoms with Crippen molar-refractivity contribution >= 4 is 17.4 Å². The van der Waals surface area contributed by atoms with Crippen LogP contribution in [0.3, 0.4) is 0 Å². The molecule has 1 aromatic heterocycles. The third-order valence-corrected chi connectivity index (χ3v) is 4.05. The number of benzene rings is 2. The van der Waals surface area contributed by atoms with Crippen LogP contribution in [-0.2, 0) is 11.3 Å². The first-order valence-electron chi connectivity index (χ1n) is 8.71. The summed E-state index contributed by atoms with van der Waals surface area (Å²) < 4.78 is 0. The molecule has 0 radical (unpaired) electrons. The molecule has 3 rings (SSSR count). The third kappa shape index (κ3) is 4.63. The molecule has 1 heterocycles. The Morgan fingerprint density at radius 3 is 2.33 bits per heavy atom. The maximum atomic E-state index is 12.4. The van der Waals surface area contributed by atoms with Crippen molar-refractivity contribution in [3.05, 3.63) is 59.7 Å². The van der Waals surface area contributed by atoms with Gasteiger partial charge in [0, 0.05) is 22.7 Å². The fourth-order valence-electron chi connectivity index (χ4n) is 2.37. The number of nitrogens with one attached hydrogen (secondary N) is 1. The molecule has 7 heteroatoms. The molecule has 27 heavy (non-hydrogen) atoms. The molecule has 0 aliphatic rings. The molecule has 0 aliphatic carbocycles. The SMILES string of the molecule is Cc1ccc(-c2nnn(CC(=O)c3ccc(NC(=O)C(C)C)cc3)n2)cc1. The fraction of sp³-hybridized carbons (Fsp3) is 0.250. The van der Waals surface area contributed by atoms with E-state index in [9.17, 15) is 9.59 Å². The number of nitrogens with zero attached hydrogens (tertiary/aromatic N) is 4. The van der Waals surface area contributed by atoms with Crippen molar-refractivity contribution in [2.24, 2.45) is 5.92 Å². The van der Waals surface area contributed by atoms with E-state index in [1.807, 2.05) is 45.0 Å². The van der Waals surface area contributed by atoms with E-state index in [4.69, 9.17) is 0 Å². The summed E-state index contributed by atoms with van der Waals surface area (Å²) in [5.74, 6) is 0.177. The second-order valence-electron chi connectivity index (χ2n) is 6.65. The Labute approximate surface area is 157 Å². The summed E-state index contributed by atoms with van der Waals surface area (Å²) in [6.07, 6.45) is 0. The van der Waals surface area contributed by atoms with Crippen LogP contribution in [-0.4, -0.2) is 31.9 Å². The van der Waals surface area contributed by atoms with Crippen LogP contribution in [0.2, 0.25) is 0 Å². The lowest BCUT2D eigenvalue weighted by Crippen LogP contribution is -2.18. The lowest BCUT2D eigenvalue weighted by Gasteiger charge is -2.08. The minimum Gasteiger partial charge on any atom is -0.326 e. The van der Waals surface area contributed by atoms with Crippen LogP contribution in [0.15, 0.2) is 48.5 Å². The molecule has 0 aliphatic heterocycles. The summed E-state index contributed by atoms with van der Waals surface area (Å²) >= 11 is 0. The first kappa shape index (κ1) is 18.4. The topological polar surface area (TPSA) is 89.8 Å². The normalized spacial score (nSPS) is 10.8. The van der Waals surface area contributed by atoms with Gasteiger partial charge in [-0.2, -0.15) is 4.80 Å². The van der Waals surface area contributed by atoms with Gasteiger partial charge in [0.25, 0.3) is 0 Å². The lowest BCUT2D eigenvalue weighted by molar-refractivity contribution is -0.118. The maximum absolute atomic E-state index is 12.4. The van der Waals surface area contributed by atoms with E-state index >= 15 is 0 Å². The number of aryl methyl sites for hydroxylation is 1. The first-order chi connectivity index (χ1) is 12.9. The number of carbonyl (C=O) groups is 2. The number of rotatable bonds is 6. The van der Waals surface area contributed by atoms with Gasteiger partial charge < -0.3 is 5.32 Å². The molecule has 7 nitrogen and oxygen atoms in total. The molecule has 3 aromatic rings. The predicted octanol–water partition coefficient (Wildman–Crippen LogP) is 3.13. The van der Waals surface area contributed by atoms with Gasteiger partial charge in [0.2, 0.25) is 11.7 Å². The second-order valence-corrected chi connectivity index (χ2v) is 6.65. The van der Waals surface area contributed by atoms with Crippen LogP contribution in [0.25, 0.3) is 11.4 Å². The fourth-order valence-corrected chi connectivity index (χ4v) is 2.37. The van der Waals surface area contributed by atoms with Gasteiger partial charge in [0.1, 0.15) is 6.54 Å². The van der Waals surface area contributed by atoms with Crippen LogP contribution >= 0.6 is 0 Å². The van der Waals surface area contributed by atoms with Gasteiger partial charge in [-0.3, -0.25) is 9.59 Å². The Balaban J connectivity index is 1.65. The number of Topliss-reactive ketones (excluding diaryl/α,β-unsaturated/α-hetero) is 1. The molecular formula is C20H21N5O2. The van der Waals surface area contributed by atoms with Gasteiger partial charge in [0.05, 0.1) is 0 Å². The molecule has 0 unspecified atom stereocenters. The van der Waals surface area contributed by atoms with Gasteiger partial charge in [-0.1, -0.05) is 43.7 Å². The lowest BCUT2D eigenvalue weighted by atomic mass is 10.1. The highest BCUT2D eigenvalue weighted by Gasteiger charge is 2.12. The number of hydrogen-bond acceptors (Lipinski definition) is 5. The summed E-state index contributed by atoms with van der Waals surface area (Å²) in [4.78, 5) is 25.4. The molecule has 0 saturated heterocycles. The highest BCUT2D eigenvalue weighted by atomic mass is 16.2. The van der Waals surface area contributed by atoms with Crippen molar-refractivity contribution in [3.8, 4) is 11.4 Å². The molecule has 2 aromatic carbocycles. The number of ketones is 1. The van der Waals surface area contributed by atoms with Crippen molar-refractivity contribution in [1.82, 2.24) is 20.2 Å². The van der Waals surface area contributed by atoms with Crippen molar-refractivity contribution in [2.75, 3.05) is 5.32 Å². The average molecular weight is 363 g/mol. The van der Waals surface area contributed by atoms with E-state index in [1.54, 1.807) is 24.3 Å². The van der Waals surface area contributed by atoms with Crippen LogP contribution in [0.1, 0.15) is 29.8 Å². The summed E-state index contributed by atoms with van der Waals surface area (Å²) in [7, 11) is 0. The van der Waals surface area contributed by atoms with Gasteiger partial charge in [-0.25, -0.2) is 0 Å². The number of carbonyl (C=O) groups excluding carboxylic acids is 2. The molecule has 138 valence electrons. The molecule has 0 bridgehead atoms. The van der Waals surface area contributed by atoms with Crippen LogP contribution in [0, 0.1) is 12.8 Å². The third-order valence-electron chi connectivity index (χ3n) is 4.05. The Hall–Kier alpha value is -3.35. The standard InChI is InChI=1S/C20H21N5O2/c1-13(2)20(27)21-17-10-8-15(9-11-17)18(26)12-25-23-19(22-24-25)16-6-4-14(3)5-7-16/h4-11,13H,12H2,1-3H3,(H,21,27). The molecular weight excluding hydrogens is 342 g/mol. The Bertz CT molecular complexity index is 943. The summed E-state index contributed by atoms with van der Waals surface area (Å²) in [6, 6.07) is 14.6. The monoisotopic (exact) mass is 363 g/mol. The minimum atomic E-state index is -0.135. The number of hydrogen-bond donors (Lipinski definition) is 1. The van der Waals surface area contributed by atoms with E-state index in [0.717, 1.165) is 11.1 Å². The van der Waals surface area contributed by atoms with E-state index in [1.165, 1.54) is 4.80 Å². The zero-order valence-corrected chi connectivity index (χ0v) is 15.5. The molecule has 0 atom stereocenters. The van der Waals surface area contributed by atoms with E-state index in [-0.39, 0.29) is 24.2 Å². The number of amides is 1. The maximum Gasteiger partial charge on any atom is 0.226 e. The van der Waals surface area contributed by atoms with Gasteiger partial charge in [-0.15, -0.1) is 10.2 Å². The summed E-state index contributed by atoms with van der Waals surface area (Å²) in [5, 5.41) is 15.0. The van der Waals surface area contributed by atoms with Crippen LogP contribution in [0.5, 0.6) is 0 Å². The molecule has 1 N–H and O–H groups in total. The predicted molar refractivity (Wildman–Crippen MR) is 102 cm³/mol. The number of anilines is 1. The van der Waals surface area contributed by atoms with Gasteiger partial charge in [0.15, 0.2) is 5.78 Å². The van der Waals surface area contributed by atoms with Crippen molar-refractivity contribution in [1.29, 1.82) is 0 Å². The van der Waals surface area contributed by atoms with Gasteiger partial charge in [-0.05, 0) is 36.4 Å². The van der Waals surface area contributed by atoms with E-state index < -0.39 is 0 Å². The highest BCUT2D eigenvalue weighted by molar-refractivity contribution is 5.97. The summed E-state index contributed by atoms with van der Waals surface area (Å²) in [5.41, 5.74) is 3.18. The Morgan fingerprint density at radius 1 is 1.04 bits per heavy atom. The van der Waals surface area contributed by atoms with E-state index in [0.29, 0.717) is 17.1 Å². The average Bonchev–Trinajstić information content (AvgIpc) is 3.11. The Kier molecular flexibility index (Phi) is 5.40. The van der Waals surface area contributed by atoms with Crippen molar-refractivity contribution < 1.29 is 9.59 Å². The zero-order chi connectivity index (χ0) is 19.4.